The van der Waals surface area contributed by atoms with Crippen LogP contribution in [0.5, 0.6) is 0 Å². The molecule has 0 spiro atoms. The minimum atomic E-state index is 0.0294. The van der Waals surface area contributed by atoms with E-state index in [1.165, 1.54) is 0 Å². The Morgan fingerprint density at radius 2 is 2.38 bits per heavy atom. The number of azo groups is 1. The van der Waals surface area contributed by atoms with E-state index in [1.807, 2.05) is 0 Å². The quantitative estimate of drug-likeness (QED) is 0.294. The van der Waals surface area contributed by atoms with Gasteiger partial charge in [0.1, 0.15) is 6.54 Å². The van der Waals surface area contributed by atoms with Crippen LogP contribution in [-0.2, 0) is 0 Å². The van der Waals surface area contributed by atoms with Gasteiger partial charge in [0.05, 0.1) is 6.07 Å². The molecule has 0 aromatic heterocycles. The molecular weight excluding hydrogens is 104 g/mol. The van der Waals surface area contributed by atoms with E-state index in [1.54, 1.807) is 6.07 Å². The van der Waals surface area contributed by atoms with Crippen molar-refractivity contribution < 1.29 is 0 Å². The van der Waals surface area contributed by atoms with Gasteiger partial charge < -0.3 is 0 Å². The lowest BCUT2D eigenvalue weighted by molar-refractivity contribution is 0.979. The highest BCUT2D eigenvalue weighted by molar-refractivity contribution is 4.71. The van der Waals surface area contributed by atoms with E-state index in [9.17, 15) is 0 Å². The summed E-state index contributed by atoms with van der Waals surface area (Å²) < 4.78 is 0. The lowest BCUT2D eigenvalue weighted by Crippen LogP contribution is -1.68. The van der Waals surface area contributed by atoms with Gasteiger partial charge in [-0.15, -0.1) is 5.11 Å². The molecule has 4 nitrogen and oxygen atoms in total. The second kappa shape index (κ2) is 5.58. The standard InChI is InChI=1S/C4H4N4/c1-6-4-8-7-3-2-5/h3-4H2. The minimum Gasteiger partial charge on any atom is -0.289 e. The second-order valence-corrected chi connectivity index (χ2v) is 0.899. The van der Waals surface area contributed by atoms with Crippen molar-refractivity contribution in [1.29, 1.82) is 5.26 Å². The molecule has 40 valence electrons. The largest absolute Gasteiger partial charge is 0.322 e. The van der Waals surface area contributed by atoms with Crippen molar-refractivity contribution in [3.63, 3.8) is 0 Å². The molecule has 0 fully saturated rings. The van der Waals surface area contributed by atoms with Crippen LogP contribution >= 0.6 is 0 Å². The van der Waals surface area contributed by atoms with Crippen LogP contribution in [0.15, 0.2) is 10.2 Å². The number of nitrogens with zero attached hydrogens (tertiary/aromatic N) is 4. The molecule has 0 amide bonds. The summed E-state index contributed by atoms with van der Waals surface area (Å²) in [7, 11) is 0. The molecular formula is C4H4N4. The van der Waals surface area contributed by atoms with Gasteiger partial charge in [-0.25, -0.2) is 6.57 Å². The average Bonchev–Trinajstić information content (AvgIpc) is 1.81. The molecule has 0 bridgehead atoms. The van der Waals surface area contributed by atoms with Crippen LogP contribution < -0.4 is 0 Å². The molecule has 0 saturated heterocycles. The summed E-state index contributed by atoms with van der Waals surface area (Å²) in [4.78, 5) is 2.89. The lowest BCUT2D eigenvalue weighted by atomic mass is 10.8. The van der Waals surface area contributed by atoms with Gasteiger partial charge in [-0.05, 0) is 0 Å². The molecule has 0 aliphatic heterocycles. The smallest absolute Gasteiger partial charge is 0.289 e. The van der Waals surface area contributed by atoms with Gasteiger partial charge in [-0.3, -0.25) is 4.85 Å². The Kier molecular flexibility index (Phi) is 4.59. The molecule has 0 atom stereocenters. The van der Waals surface area contributed by atoms with E-state index in [0.29, 0.717) is 0 Å². The fourth-order valence-electron chi connectivity index (χ4n) is 0.158. The number of nitriles is 1. The SMILES string of the molecule is [C-]#[N+]CN=NCC#N. The second-order valence-electron chi connectivity index (χ2n) is 0.899. The summed E-state index contributed by atoms with van der Waals surface area (Å²) in [5.41, 5.74) is 0. The van der Waals surface area contributed by atoms with Crippen LogP contribution in [0.25, 0.3) is 4.85 Å². The van der Waals surface area contributed by atoms with Gasteiger partial charge in [0, 0.05) is 0 Å². The molecule has 0 aromatic rings. The Morgan fingerprint density at radius 3 is 2.88 bits per heavy atom. The molecule has 0 aliphatic rings. The van der Waals surface area contributed by atoms with Crippen molar-refractivity contribution in [3.05, 3.63) is 11.4 Å². The number of hydrogen-bond acceptors (Lipinski definition) is 3. The highest BCUT2D eigenvalue weighted by atomic mass is 15.1. The summed E-state index contributed by atoms with van der Waals surface area (Å²) in [6, 6.07) is 1.76. The Morgan fingerprint density at radius 1 is 1.62 bits per heavy atom. The first-order valence-electron chi connectivity index (χ1n) is 1.95. The molecule has 0 N–H and O–H groups in total. The fourth-order valence-corrected chi connectivity index (χ4v) is 0.158. The predicted octanol–water partition coefficient (Wildman–Crippen LogP) is 0.839. The number of hydrogen-bond donors (Lipinski definition) is 0. The Labute approximate surface area is 47.3 Å². The molecule has 0 aromatic carbocycles. The van der Waals surface area contributed by atoms with Gasteiger partial charge >= 0.3 is 6.67 Å². The summed E-state index contributed by atoms with van der Waals surface area (Å²) >= 11 is 0. The van der Waals surface area contributed by atoms with Crippen molar-refractivity contribution in [3.8, 4) is 6.07 Å². The van der Waals surface area contributed by atoms with Crippen molar-refractivity contribution in [2.75, 3.05) is 13.2 Å². The monoisotopic (exact) mass is 108 g/mol. The molecule has 0 aliphatic carbocycles. The Balaban J connectivity index is 3.14. The predicted molar refractivity (Wildman–Crippen MR) is 26.8 cm³/mol. The van der Waals surface area contributed by atoms with Gasteiger partial charge in [0.2, 0.25) is 0 Å². The molecule has 0 saturated carbocycles. The summed E-state index contributed by atoms with van der Waals surface area (Å²) in [6.07, 6.45) is 0. The molecule has 8 heavy (non-hydrogen) atoms. The first-order valence-corrected chi connectivity index (χ1v) is 1.95. The minimum absolute atomic E-state index is 0.0294. The van der Waals surface area contributed by atoms with Crippen molar-refractivity contribution in [1.82, 2.24) is 0 Å². The van der Waals surface area contributed by atoms with Crippen LogP contribution in [0.4, 0.5) is 0 Å². The first kappa shape index (κ1) is 6.58. The molecule has 4 heteroatoms. The molecule has 0 heterocycles. The summed E-state index contributed by atoms with van der Waals surface area (Å²) in [6.45, 7) is 6.31. The molecule has 0 unspecified atom stereocenters. The Bertz CT molecular complexity index is 128. The van der Waals surface area contributed by atoms with Crippen LogP contribution in [0, 0.1) is 17.9 Å². The van der Waals surface area contributed by atoms with Crippen molar-refractivity contribution in [2.24, 2.45) is 10.2 Å². The van der Waals surface area contributed by atoms with E-state index in [4.69, 9.17) is 11.8 Å². The first-order chi connectivity index (χ1) is 3.91. The van der Waals surface area contributed by atoms with Crippen LogP contribution in [-0.4, -0.2) is 13.2 Å². The third kappa shape index (κ3) is 4.58. The van der Waals surface area contributed by atoms with Crippen LogP contribution in [0.1, 0.15) is 0 Å². The fraction of sp³-hybridized carbons (Fsp3) is 0.500. The highest BCUT2D eigenvalue weighted by Crippen LogP contribution is 1.73. The van der Waals surface area contributed by atoms with E-state index in [-0.39, 0.29) is 13.2 Å². The topological polar surface area (TPSA) is 52.9 Å². The maximum Gasteiger partial charge on any atom is 0.322 e. The zero-order valence-corrected chi connectivity index (χ0v) is 4.20. The normalized spacial score (nSPS) is 8.25. The van der Waals surface area contributed by atoms with Crippen molar-refractivity contribution >= 4 is 0 Å². The zero-order valence-electron chi connectivity index (χ0n) is 4.20. The van der Waals surface area contributed by atoms with Gasteiger partial charge in [0.15, 0.2) is 0 Å². The number of rotatable bonds is 2. The summed E-state index contributed by atoms with van der Waals surface area (Å²) in [5, 5.41) is 14.5. The van der Waals surface area contributed by atoms with Gasteiger partial charge in [0.25, 0.3) is 0 Å². The maximum absolute atomic E-state index is 7.88. The Hall–Kier alpha value is -1.42. The third-order valence-electron chi connectivity index (χ3n) is 0.375. The van der Waals surface area contributed by atoms with E-state index in [2.05, 4.69) is 15.1 Å². The third-order valence-corrected chi connectivity index (χ3v) is 0.375. The molecule has 0 radical (unpaired) electrons. The molecule has 0 rings (SSSR count). The zero-order chi connectivity index (χ0) is 6.24. The van der Waals surface area contributed by atoms with Crippen LogP contribution in [0.3, 0.4) is 0 Å². The average molecular weight is 108 g/mol. The van der Waals surface area contributed by atoms with Gasteiger partial charge in [-0.1, -0.05) is 0 Å². The van der Waals surface area contributed by atoms with E-state index < -0.39 is 0 Å². The highest BCUT2D eigenvalue weighted by Gasteiger charge is 1.72. The van der Waals surface area contributed by atoms with Gasteiger partial charge in [-0.2, -0.15) is 10.4 Å². The summed E-state index contributed by atoms with van der Waals surface area (Å²) in [5.74, 6) is 0. The van der Waals surface area contributed by atoms with E-state index in [0.717, 1.165) is 0 Å². The van der Waals surface area contributed by atoms with E-state index >= 15 is 0 Å². The van der Waals surface area contributed by atoms with Crippen molar-refractivity contribution in [2.45, 2.75) is 0 Å². The lowest BCUT2D eigenvalue weighted by Gasteiger charge is -1.69. The maximum atomic E-state index is 7.88. The van der Waals surface area contributed by atoms with Crippen LogP contribution in [0.2, 0.25) is 0 Å².